The van der Waals surface area contributed by atoms with E-state index in [2.05, 4.69) is 13.2 Å². The Kier molecular flexibility index (Phi) is 5.59. The van der Waals surface area contributed by atoms with Crippen LogP contribution in [0, 0.1) is 5.41 Å². The predicted molar refractivity (Wildman–Crippen MR) is 83.4 cm³/mol. The summed E-state index contributed by atoms with van der Waals surface area (Å²) in [5.41, 5.74) is -3.11. The maximum atomic E-state index is 11.8. The molecule has 0 aromatic heterocycles. The fourth-order valence-electron chi connectivity index (χ4n) is 3.09. The second-order valence-electron chi connectivity index (χ2n) is 5.15. The van der Waals surface area contributed by atoms with Crippen LogP contribution in [0.5, 0.6) is 0 Å². The Balaban J connectivity index is 4.06. The van der Waals surface area contributed by atoms with E-state index in [1.807, 2.05) is 0 Å². The van der Waals surface area contributed by atoms with Gasteiger partial charge in [0.1, 0.15) is 0 Å². The SMILES string of the molecule is C=CCC1(CC=C)C(C(=O)O)=C(O)C(OC)(OC)C(O)=C1C(=O)O. The molecule has 0 saturated heterocycles. The lowest BCUT2D eigenvalue weighted by atomic mass is 9.64. The van der Waals surface area contributed by atoms with Crippen LogP contribution in [0.25, 0.3) is 0 Å². The van der Waals surface area contributed by atoms with Gasteiger partial charge in [-0.3, -0.25) is 0 Å². The van der Waals surface area contributed by atoms with Gasteiger partial charge in [0.05, 0.1) is 11.1 Å². The molecule has 0 heterocycles. The van der Waals surface area contributed by atoms with E-state index in [0.717, 1.165) is 14.2 Å². The summed E-state index contributed by atoms with van der Waals surface area (Å²) in [6.07, 6.45) is 2.23. The van der Waals surface area contributed by atoms with Crippen LogP contribution in [-0.2, 0) is 19.1 Å². The fourth-order valence-corrected chi connectivity index (χ4v) is 3.09. The van der Waals surface area contributed by atoms with E-state index in [9.17, 15) is 30.0 Å². The van der Waals surface area contributed by atoms with E-state index in [1.165, 1.54) is 12.2 Å². The number of carbonyl (C=O) groups is 2. The summed E-state index contributed by atoms with van der Waals surface area (Å²) in [4.78, 5) is 23.7. The lowest BCUT2D eigenvalue weighted by Gasteiger charge is -2.43. The van der Waals surface area contributed by atoms with E-state index in [4.69, 9.17) is 9.47 Å². The molecule has 0 aliphatic heterocycles. The van der Waals surface area contributed by atoms with Gasteiger partial charge in [0.15, 0.2) is 11.5 Å². The molecule has 0 fully saturated rings. The quantitative estimate of drug-likeness (QED) is 0.389. The number of methoxy groups -OCH3 is 2. The molecule has 0 unspecified atom stereocenters. The van der Waals surface area contributed by atoms with Gasteiger partial charge in [-0.05, 0) is 12.8 Å². The molecular formula is C16H20O8. The highest BCUT2D eigenvalue weighted by Crippen LogP contribution is 2.53. The highest BCUT2D eigenvalue weighted by molar-refractivity contribution is 5.98. The molecule has 8 nitrogen and oxygen atoms in total. The normalized spacial score (nSPS) is 19.1. The van der Waals surface area contributed by atoms with Crippen molar-refractivity contribution in [1.82, 2.24) is 0 Å². The molecule has 0 amide bonds. The summed E-state index contributed by atoms with van der Waals surface area (Å²) in [5.74, 6) is -7.47. The molecule has 8 heteroatoms. The largest absolute Gasteiger partial charge is 0.506 e. The van der Waals surface area contributed by atoms with Gasteiger partial charge in [-0.15, -0.1) is 13.2 Å². The molecule has 1 aliphatic carbocycles. The Labute approximate surface area is 138 Å². The minimum absolute atomic E-state index is 0.181. The van der Waals surface area contributed by atoms with Crippen LogP contribution in [0.2, 0.25) is 0 Å². The maximum absolute atomic E-state index is 11.8. The number of hydrogen-bond acceptors (Lipinski definition) is 6. The van der Waals surface area contributed by atoms with Gasteiger partial charge in [0, 0.05) is 19.6 Å². The molecule has 0 saturated carbocycles. The Hall–Kier alpha value is -2.58. The van der Waals surface area contributed by atoms with E-state index in [-0.39, 0.29) is 12.8 Å². The van der Waals surface area contributed by atoms with Crippen LogP contribution < -0.4 is 0 Å². The number of aliphatic hydroxyl groups is 2. The summed E-state index contributed by atoms with van der Waals surface area (Å²) in [7, 11) is 2.06. The van der Waals surface area contributed by atoms with Gasteiger partial charge in [-0.2, -0.15) is 0 Å². The molecule has 0 radical (unpaired) electrons. The van der Waals surface area contributed by atoms with Gasteiger partial charge in [-0.25, -0.2) is 9.59 Å². The third-order valence-corrected chi connectivity index (χ3v) is 4.04. The number of rotatable bonds is 8. The van der Waals surface area contributed by atoms with Crippen molar-refractivity contribution < 1.29 is 39.5 Å². The summed E-state index contributed by atoms with van der Waals surface area (Å²) in [6.45, 7) is 7.01. The number of carboxylic acid groups (broad SMARTS) is 2. The fraction of sp³-hybridized carbons (Fsp3) is 0.375. The van der Waals surface area contributed by atoms with Crippen LogP contribution in [0.15, 0.2) is 48.0 Å². The van der Waals surface area contributed by atoms with Crippen molar-refractivity contribution in [3.8, 4) is 0 Å². The molecule has 0 atom stereocenters. The van der Waals surface area contributed by atoms with Gasteiger partial charge in [0.25, 0.3) is 5.79 Å². The summed E-state index contributed by atoms with van der Waals surface area (Å²) < 4.78 is 9.89. The van der Waals surface area contributed by atoms with Crippen molar-refractivity contribution in [2.75, 3.05) is 14.2 Å². The smallest absolute Gasteiger partial charge is 0.336 e. The highest BCUT2D eigenvalue weighted by Gasteiger charge is 2.59. The van der Waals surface area contributed by atoms with Crippen LogP contribution in [0.1, 0.15) is 12.8 Å². The lowest BCUT2D eigenvalue weighted by Crippen LogP contribution is -2.50. The zero-order valence-electron chi connectivity index (χ0n) is 13.4. The molecule has 1 aliphatic rings. The first kappa shape index (κ1) is 19.5. The zero-order valence-corrected chi connectivity index (χ0v) is 13.4. The third-order valence-electron chi connectivity index (χ3n) is 4.04. The number of ether oxygens (including phenoxy) is 2. The second-order valence-corrected chi connectivity index (χ2v) is 5.15. The summed E-state index contributed by atoms with van der Waals surface area (Å²) >= 11 is 0. The van der Waals surface area contributed by atoms with E-state index in [0.29, 0.717) is 0 Å². The molecule has 24 heavy (non-hydrogen) atoms. The molecule has 0 spiro atoms. The number of aliphatic carboxylic acids is 2. The van der Waals surface area contributed by atoms with Crippen LogP contribution in [0.3, 0.4) is 0 Å². The predicted octanol–water partition coefficient (Wildman–Crippen LogP) is 1.92. The van der Waals surface area contributed by atoms with E-state index < -0.39 is 45.8 Å². The average molecular weight is 340 g/mol. The molecule has 0 aromatic rings. The van der Waals surface area contributed by atoms with Crippen LogP contribution in [0.4, 0.5) is 0 Å². The van der Waals surface area contributed by atoms with Gasteiger partial charge < -0.3 is 29.9 Å². The monoisotopic (exact) mass is 340 g/mol. The Bertz CT molecular complexity index is 584. The van der Waals surface area contributed by atoms with Crippen molar-refractivity contribution in [1.29, 1.82) is 0 Å². The van der Waals surface area contributed by atoms with Gasteiger partial charge in [-0.1, -0.05) is 12.2 Å². The molecule has 132 valence electrons. The number of hydrogen-bond donors (Lipinski definition) is 4. The van der Waals surface area contributed by atoms with Crippen LogP contribution >= 0.6 is 0 Å². The Morgan fingerprint density at radius 2 is 1.29 bits per heavy atom. The van der Waals surface area contributed by atoms with Crippen molar-refractivity contribution in [2.24, 2.45) is 5.41 Å². The van der Waals surface area contributed by atoms with Crippen molar-refractivity contribution >= 4 is 11.9 Å². The van der Waals surface area contributed by atoms with Gasteiger partial charge >= 0.3 is 11.9 Å². The average Bonchev–Trinajstić information content (AvgIpc) is 2.48. The maximum Gasteiger partial charge on any atom is 0.336 e. The van der Waals surface area contributed by atoms with E-state index in [1.54, 1.807) is 0 Å². The summed E-state index contributed by atoms with van der Waals surface area (Å²) in [6, 6.07) is 0. The van der Waals surface area contributed by atoms with Crippen molar-refractivity contribution in [2.45, 2.75) is 18.6 Å². The lowest BCUT2D eigenvalue weighted by molar-refractivity contribution is -0.196. The number of allylic oxidation sites excluding steroid dienone is 2. The Morgan fingerprint density at radius 1 is 0.958 bits per heavy atom. The first-order valence-electron chi connectivity index (χ1n) is 6.87. The molecule has 1 rings (SSSR count). The minimum Gasteiger partial charge on any atom is -0.506 e. The highest BCUT2D eigenvalue weighted by atomic mass is 16.7. The van der Waals surface area contributed by atoms with Crippen molar-refractivity contribution in [3.05, 3.63) is 48.0 Å². The van der Waals surface area contributed by atoms with Gasteiger partial charge in [0.2, 0.25) is 0 Å². The van der Waals surface area contributed by atoms with E-state index >= 15 is 0 Å². The topological polar surface area (TPSA) is 134 Å². The standard InChI is InChI=1S/C16H20O8/c1-5-7-15(8-6-2)9(13(19)20)11(17)16(23-3,24-4)12(18)10(15)14(21)22/h5-6,17-18H,1-2,7-8H2,3-4H3,(H,19,20)(H,21,22). The molecular weight excluding hydrogens is 320 g/mol. The number of aliphatic hydroxyl groups excluding tert-OH is 2. The minimum atomic E-state index is -2.42. The second kappa shape index (κ2) is 6.90. The molecule has 0 aromatic carbocycles. The molecule has 0 bridgehead atoms. The first-order valence-corrected chi connectivity index (χ1v) is 6.87. The van der Waals surface area contributed by atoms with Crippen LogP contribution in [-0.4, -0.2) is 52.4 Å². The zero-order chi connectivity index (χ0) is 18.7. The Morgan fingerprint density at radius 3 is 1.50 bits per heavy atom. The number of carboxylic acids is 2. The first-order chi connectivity index (χ1) is 11.2. The third kappa shape index (κ3) is 2.49. The molecule has 4 N–H and O–H groups in total. The summed E-state index contributed by atoms with van der Waals surface area (Å²) in [5, 5.41) is 40.2. The van der Waals surface area contributed by atoms with Crippen molar-refractivity contribution in [3.63, 3.8) is 0 Å².